The summed E-state index contributed by atoms with van der Waals surface area (Å²) in [6.07, 6.45) is 9.03. The predicted molar refractivity (Wildman–Crippen MR) is 47.3 cm³/mol. The SMILES string of the molecule is CC1(N)CC1C1=CCCCC1. The van der Waals surface area contributed by atoms with E-state index in [4.69, 9.17) is 5.73 Å². The first kappa shape index (κ1) is 7.35. The molecule has 2 N–H and O–H groups in total. The maximum Gasteiger partial charge on any atom is 0.0198 e. The molecule has 0 aromatic rings. The summed E-state index contributed by atoms with van der Waals surface area (Å²) in [5.74, 6) is 0.739. The Hall–Kier alpha value is -0.300. The van der Waals surface area contributed by atoms with Gasteiger partial charge in [0, 0.05) is 5.54 Å². The van der Waals surface area contributed by atoms with Gasteiger partial charge in [-0.25, -0.2) is 0 Å². The molecule has 0 aromatic carbocycles. The van der Waals surface area contributed by atoms with Crippen LogP contribution >= 0.6 is 0 Å². The number of hydrogen-bond donors (Lipinski definition) is 1. The highest BCUT2D eigenvalue weighted by Gasteiger charge is 2.48. The molecule has 62 valence electrons. The molecule has 2 unspecified atom stereocenters. The van der Waals surface area contributed by atoms with Crippen LogP contribution in [-0.2, 0) is 0 Å². The Balaban J connectivity index is 2.01. The Morgan fingerprint density at radius 1 is 1.55 bits per heavy atom. The Labute approximate surface area is 68.7 Å². The summed E-state index contributed by atoms with van der Waals surface area (Å²) in [6.45, 7) is 2.17. The molecule has 0 radical (unpaired) electrons. The summed E-state index contributed by atoms with van der Waals surface area (Å²) < 4.78 is 0. The van der Waals surface area contributed by atoms with Gasteiger partial charge < -0.3 is 5.73 Å². The lowest BCUT2D eigenvalue weighted by atomic mass is 9.94. The number of allylic oxidation sites excluding steroid dienone is 1. The van der Waals surface area contributed by atoms with Crippen LogP contribution < -0.4 is 5.73 Å². The van der Waals surface area contributed by atoms with Gasteiger partial charge in [-0.05, 0) is 44.9 Å². The van der Waals surface area contributed by atoms with E-state index >= 15 is 0 Å². The van der Waals surface area contributed by atoms with Crippen LogP contribution in [0.4, 0.5) is 0 Å². The highest BCUT2D eigenvalue weighted by atomic mass is 14.8. The fourth-order valence-electron chi connectivity index (χ4n) is 2.11. The van der Waals surface area contributed by atoms with Crippen LogP contribution in [0.5, 0.6) is 0 Å². The van der Waals surface area contributed by atoms with Crippen molar-refractivity contribution in [3.8, 4) is 0 Å². The van der Waals surface area contributed by atoms with Gasteiger partial charge in [-0.15, -0.1) is 0 Å². The largest absolute Gasteiger partial charge is 0.325 e. The molecule has 0 aliphatic heterocycles. The molecule has 1 saturated carbocycles. The molecule has 2 atom stereocenters. The molecule has 1 heteroatoms. The van der Waals surface area contributed by atoms with Crippen LogP contribution in [0.25, 0.3) is 0 Å². The second kappa shape index (κ2) is 2.34. The van der Waals surface area contributed by atoms with Crippen molar-refractivity contribution in [2.75, 3.05) is 0 Å². The zero-order valence-corrected chi connectivity index (χ0v) is 7.27. The molecule has 0 spiro atoms. The van der Waals surface area contributed by atoms with Crippen molar-refractivity contribution < 1.29 is 0 Å². The average molecular weight is 151 g/mol. The summed E-state index contributed by atoms with van der Waals surface area (Å²) in [4.78, 5) is 0. The standard InChI is InChI=1S/C10H17N/c1-10(11)7-9(10)8-5-3-2-4-6-8/h5,9H,2-4,6-7,11H2,1H3. The van der Waals surface area contributed by atoms with Crippen molar-refractivity contribution in [1.29, 1.82) is 0 Å². The first-order chi connectivity index (χ1) is 5.20. The van der Waals surface area contributed by atoms with Gasteiger partial charge >= 0.3 is 0 Å². The van der Waals surface area contributed by atoms with Crippen molar-refractivity contribution in [3.05, 3.63) is 11.6 Å². The predicted octanol–water partition coefficient (Wildman–Crippen LogP) is 2.22. The second-order valence-electron chi connectivity index (χ2n) is 4.29. The summed E-state index contributed by atoms with van der Waals surface area (Å²) >= 11 is 0. The summed E-state index contributed by atoms with van der Waals surface area (Å²) in [6, 6.07) is 0. The minimum Gasteiger partial charge on any atom is -0.325 e. The third-order valence-electron chi connectivity index (χ3n) is 3.05. The van der Waals surface area contributed by atoms with Crippen LogP contribution in [0.1, 0.15) is 39.0 Å². The molecule has 11 heavy (non-hydrogen) atoms. The molecule has 2 rings (SSSR count). The highest BCUT2D eigenvalue weighted by Crippen LogP contribution is 2.48. The summed E-state index contributed by atoms with van der Waals surface area (Å²) in [5.41, 5.74) is 7.81. The van der Waals surface area contributed by atoms with Gasteiger partial charge in [0.1, 0.15) is 0 Å². The van der Waals surface area contributed by atoms with E-state index in [-0.39, 0.29) is 5.54 Å². The molecule has 1 fully saturated rings. The maximum atomic E-state index is 6.00. The van der Waals surface area contributed by atoms with Gasteiger partial charge in [0.05, 0.1) is 0 Å². The van der Waals surface area contributed by atoms with E-state index < -0.39 is 0 Å². The van der Waals surface area contributed by atoms with Gasteiger partial charge in [-0.3, -0.25) is 0 Å². The number of hydrogen-bond acceptors (Lipinski definition) is 1. The number of rotatable bonds is 1. The lowest BCUT2D eigenvalue weighted by Gasteiger charge is -2.13. The zero-order chi connectivity index (χ0) is 7.90. The minimum absolute atomic E-state index is 0.156. The normalized spacial score (nSPS) is 43.5. The minimum atomic E-state index is 0.156. The Kier molecular flexibility index (Phi) is 1.57. The summed E-state index contributed by atoms with van der Waals surface area (Å²) in [7, 11) is 0. The van der Waals surface area contributed by atoms with E-state index in [0.717, 1.165) is 5.92 Å². The molecule has 0 amide bonds. The Bertz CT molecular complexity index is 191. The number of nitrogens with two attached hydrogens (primary N) is 1. The lowest BCUT2D eigenvalue weighted by Crippen LogP contribution is -2.20. The van der Waals surface area contributed by atoms with Crippen LogP contribution in [0, 0.1) is 5.92 Å². The van der Waals surface area contributed by atoms with Gasteiger partial charge in [0.25, 0.3) is 0 Å². The maximum absolute atomic E-state index is 6.00. The molecule has 0 aromatic heterocycles. The molecule has 0 bridgehead atoms. The first-order valence-corrected chi connectivity index (χ1v) is 4.68. The van der Waals surface area contributed by atoms with E-state index in [1.807, 2.05) is 0 Å². The first-order valence-electron chi connectivity index (χ1n) is 4.68. The molecule has 0 saturated heterocycles. The van der Waals surface area contributed by atoms with E-state index in [1.54, 1.807) is 5.57 Å². The molecule has 2 aliphatic carbocycles. The van der Waals surface area contributed by atoms with Crippen molar-refractivity contribution in [2.45, 2.75) is 44.6 Å². The zero-order valence-electron chi connectivity index (χ0n) is 7.27. The van der Waals surface area contributed by atoms with Gasteiger partial charge in [0.2, 0.25) is 0 Å². The molecule has 0 heterocycles. The highest BCUT2D eigenvalue weighted by molar-refractivity contribution is 5.24. The molecular formula is C10H17N. The van der Waals surface area contributed by atoms with Crippen LogP contribution in [0.2, 0.25) is 0 Å². The van der Waals surface area contributed by atoms with Crippen molar-refractivity contribution >= 4 is 0 Å². The monoisotopic (exact) mass is 151 g/mol. The third-order valence-corrected chi connectivity index (χ3v) is 3.05. The lowest BCUT2D eigenvalue weighted by molar-refractivity contribution is 0.625. The van der Waals surface area contributed by atoms with Crippen LogP contribution in [0.3, 0.4) is 0 Å². The van der Waals surface area contributed by atoms with E-state index in [2.05, 4.69) is 13.0 Å². The van der Waals surface area contributed by atoms with Gasteiger partial charge in [-0.2, -0.15) is 0 Å². The quantitative estimate of drug-likeness (QED) is 0.571. The van der Waals surface area contributed by atoms with Crippen molar-refractivity contribution in [3.63, 3.8) is 0 Å². The fourth-order valence-corrected chi connectivity index (χ4v) is 2.11. The van der Waals surface area contributed by atoms with E-state index in [0.29, 0.717) is 0 Å². The van der Waals surface area contributed by atoms with Gasteiger partial charge in [-0.1, -0.05) is 11.6 Å². The fraction of sp³-hybridized carbons (Fsp3) is 0.800. The third kappa shape index (κ3) is 1.34. The average Bonchev–Trinajstić information content (AvgIpc) is 2.62. The van der Waals surface area contributed by atoms with E-state index in [1.165, 1.54) is 32.1 Å². The van der Waals surface area contributed by atoms with Gasteiger partial charge in [0.15, 0.2) is 0 Å². The molecule has 2 aliphatic rings. The second-order valence-corrected chi connectivity index (χ2v) is 4.29. The smallest absolute Gasteiger partial charge is 0.0198 e. The Morgan fingerprint density at radius 2 is 2.27 bits per heavy atom. The van der Waals surface area contributed by atoms with Crippen molar-refractivity contribution in [1.82, 2.24) is 0 Å². The van der Waals surface area contributed by atoms with E-state index in [9.17, 15) is 0 Å². The topological polar surface area (TPSA) is 26.0 Å². The van der Waals surface area contributed by atoms with Crippen LogP contribution in [0.15, 0.2) is 11.6 Å². The molecule has 1 nitrogen and oxygen atoms in total. The van der Waals surface area contributed by atoms with Crippen LogP contribution in [-0.4, -0.2) is 5.54 Å². The van der Waals surface area contributed by atoms with Crippen molar-refractivity contribution in [2.24, 2.45) is 11.7 Å². The molecular weight excluding hydrogens is 134 g/mol. The summed E-state index contributed by atoms with van der Waals surface area (Å²) in [5, 5.41) is 0. The Morgan fingerprint density at radius 3 is 2.73 bits per heavy atom.